The molecule has 1 atom stereocenters. The second-order valence-electron chi connectivity index (χ2n) is 4.37. The van der Waals surface area contributed by atoms with Gasteiger partial charge in [0, 0.05) is 6.04 Å². The average Bonchev–Trinajstić information content (AvgIpc) is 2.88. The molecule has 0 aromatic rings. The van der Waals surface area contributed by atoms with E-state index in [1.54, 1.807) is 0 Å². The number of nitrogens with two attached hydrogens (primary N) is 1. The fraction of sp³-hybridized carbons (Fsp3) is 0.833. The third kappa shape index (κ3) is 5.87. The Hall–Kier alpha value is -0.300. The van der Waals surface area contributed by atoms with Gasteiger partial charge >= 0.3 is 0 Å². The van der Waals surface area contributed by atoms with Crippen LogP contribution >= 0.6 is 0 Å². The Morgan fingerprint density at radius 3 is 2.69 bits per heavy atom. The van der Waals surface area contributed by atoms with Gasteiger partial charge < -0.3 is 5.73 Å². The third-order valence-corrected chi connectivity index (χ3v) is 2.82. The van der Waals surface area contributed by atoms with E-state index in [0.717, 1.165) is 12.3 Å². The zero-order valence-electron chi connectivity index (χ0n) is 8.67. The first kappa shape index (κ1) is 10.8. The molecule has 0 aliphatic heterocycles. The van der Waals surface area contributed by atoms with Crippen LogP contribution in [0.1, 0.15) is 51.4 Å². The lowest BCUT2D eigenvalue weighted by molar-refractivity contribution is 0.501. The van der Waals surface area contributed by atoms with E-state index in [2.05, 4.69) is 6.58 Å². The maximum Gasteiger partial charge on any atom is 0.00414 e. The molecule has 1 aliphatic rings. The maximum absolute atomic E-state index is 6.01. The summed E-state index contributed by atoms with van der Waals surface area (Å²) in [5.41, 5.74) is 6.01. The topological polar surface area (TPSA) is 26.0 Å². The van der Waals surface area contributed by atoms with Crippen molar-refractivity contribution in [1.82, 2.24) is 0 Å². The summed E-state index contributed by atoms with van der Waals surface area (Å²) < 4.78 is 0. The standard InChI is InChI=1S/C12H23N/c1-2-3-4-5-6-7-12(13)10-11-8-9-11/h2,11-12H,1,3-10,13H2. The Labute approximate surface area is 82.4 Å². The molecule has 0 aromatic heterocycles. The van der Waals surface area contributed by atoms with Gasteiger partial charge in [0.15, 0.2) is 0 Å². The summed E-state index contributed by atoms with van der Waals surface area (Å²) in [5, 5.41) is 0. The summed E-state index contributed by atoms with van der Waals surface area (Å²) >= 11 is 0. The molecule has 1 heteroatoms. The molecule has 13 heavy (non-hydrogen) atoms. The van der Waals surface area contributed by atoms with E-state index in [0.29, 0.717) is 6.04 Å². The van der Waals surface area contributed by atoms with Crippen LogP contribution in [0, 0.1) is 5.92 Å². The van der Waals surface area contributed by atoms with Crippen molar-refractivity contribution in [2.75, 3.05) is 0 Å². The average molecular weight is 181 g/mol. The maximum atomic E-state index is 6.01. The van der Waals surface area contributed by atoms with E-state index < -0.39 is 0 Å². The van der Waals surface area contributed by atoms with Gasteiger partial charge in [0.2, 0.25) is 0 Å². The molecule has 0 bridgehead atoms. The molecule has 1 aliphatic carbocycles. The van der Waals surface area contributed by atoms with Crippen molar-refractivity contribution in [2.45, 2.75) is 57.4 Å². The van der Waals surface area contributed by atoms with Crippen LogP contribution in [0.15, 0.2) is 12.7 Å². The molecule has 1 rings (SSSR count). The van der Waals surface area contributed by atoms with Crippen LogP contribution in [0.2, 0.25) is 0 Å². The zero-order chi connectivity index (χ0) is 9.52. The van der Waals surface area contributed by atoms with E-state index in [1.807, 2.05) is 6.08 Å². The predicted octanol–water partition coefficient (Wildman–Crippen LogP) is 3.25. The van der Waals surface area contributed by atoms with Gasteiger partial charge in [0.05, 0.1) is 0 Å². The molecule has 0 aromatic carbocycles. The summed E-state index contributed by atoms with van der Waals surface area (Å²) in [6.07, 6.45) is 12.5. The third-order valence-electron chi connectivity index (χ3n) is 2.82. The highest BCUT2D eigenvalue weighted by Gasteiger charge is 2.23. The molecule has 76 valence electrons. The summed E-state index contributed by atoms with van der Waals surface area (Å²) in [6, 6.07) is 0.483. The second kappa shape index (κ2) is 6.20. The van der Waals surface area contributed by atoms with E-state index in [9.17, 15) is 0 Å². The molecule has 1 fully saturated rings. The lowest BCUT2D eigenvalue weighted by atomic mass is 10.0. The lowest BCUT2D eigenvalue weighted by Crippen LogP contribution is -2.20. The van der Waals surface area contributed by atoms with Gasteiger partial charge in [-0.3, -0.25) is 0 Å². The molecular weight excluding hydrogens is 158 g/mol. The molecule has 1 nitrogen and oxygen atoms in total. The van der Waals surface area contributed by atoms with Crippen LogP contribution in [0.5, 0.6) is 0 Å². The molecule has 1 saturated carbocycles. The van der Waals surface area contributed by atoms with Crippen LogP contribution in [-0.2, 0) is 0 Å². The molecule has 1 unspecified atom stereocenters. The Morgan fingerprint density at radius 1 is 1.31 bits per heavy atom. The van der Waals surface area contributed by atoms with E-state index in [4.69, 9.17) is 5.73 Å². The van der Waals surface area contributed by atoms with Crippen LogP contribution in [0.4, 0.5) is 0 Å². The Kier molecular flexibility index (Phi) is 5.14. The highest BCUT2D eigenvalue weighted by Crippen LogP contribution is 2.33. The van der Waals surface area contributed by atoms with E-state index >= 15 is 0 Å². The summed E-state index contributed by atoms with van der Waals surface area (Å²) in [4.78, 5) is 0. The van der Waals surface area contributed by atoms with Crippen LogP contribution in [-0.4, -0.2) is 6.04 Å². The fourth-order valence-corrected chi connectivity index (χ4v) is 1.77. The van der Waals surface area contributed by atoms with Gasteiger partial charge in [-0.05, 0) is 31.6 Å². The first-order chi connectivity index (χ1) is 6.33. The van der Waals surface area contributed by atoms with Gasteiger partial charge in [0.25, 0.3) is 0 Å². The highest BCUT2D eigenvalue weighted by molar-refractivity contribution is 4.78. The van der Waals surface area contributed by atoms with Crippen molar-refractivity contribution in [3.05, 3.63) is 12.7 Å². The second-order valence-corrected chi connectivity index (χ2v) is 4.37. The van der Waals surface area contributed by atoms with Crippen molar-refractivity contribution in [3.8, 4) is 0 Å². The predicted molar refractivity (Wildman–Crippen MR) is 58.6 cm³/mol. The van der Waals surface area contributed by atoms with E-state index in [1.165, 1.54) is 44.9 Å². The number of allylic oxidation sites excluding steroid dienone is 1. The lowest BCUT2D eigenvalue weighted by Gasteiger charge is -2.09. The van der Waals surface area contributed by atoms with Gasteiger partial charge in [-0.2, -0.15) is 0 Å². The van der Waals surface area contributed by atoms with Gasteiger partial charge in [-0.15, -0.1) is 6.58 Å². The molecule has 0 spiro atoms. The number of unbranched alkanes of at least 4 members (excludes halogenated alkanes) is 3. The first-order valence-corrected chi connectivity index (χ1v) is 5.69. The number of rotatable bonds is 8. The smallest absolute Gasteiger partial charge is 0.00414 e. The minimum Gasteiger partial charge on any atom is -0.328 e. The molecule has 0 amide bonds. The zero-order valence-corrected chi connectivity index (χ0v) is 8.67. The van der Waals surface area contributed by atoms with Crippen LogP contribution < -0.4 is 5.73 Å². The largest absolute Gasteiger partial charge is 0.328 e. The molecule has 2 N–H and O–H groups in total. The van der Waals surface area contributed by atoms with Crippen molar-refractivity contribution >= 4 is 0 Å². The molecule has 0 radical (unpaired) electrons. The monoisotopic (exact) mass is 181 g/mol. The van der Waals surface area contributed by atoms with Gasteiger partial charge in [-0.1, -0.05) is 31.8 Å². The molecule has 0 saturated heterocycles. The summed E-state index contributed by atoms with van der Waals surface area (Å²) in [5.74, 6) is 0.989. The summed E-state index contributed by atoms with van der Waals surface area (Å²) in [7, 11) is 0. The van der Waals surface area contributed by atoms with Crippen molar-refractivity contribution < 1.29 is 0 Å². The first-order valence-electron chi connectivity index (χ1n) is 5.69. The Morgan fingerprint density at radius 2 is 2.08 bits per heavy atom. The SMILES string of the molecule is C=CCCCCCC(N)CC1CC1. The van der Waals surface area contributed by atoms with E-state index in [-0.39, 0.29) is 0 Å². The fourth-order valence-electron chi connectivity index (χ4n) is 1.77. The van der Waals surface area contributed by atoms with Crippen molar-refractivity contribution in [1.29, 1.82) is 0 Å². The molecular formula is C12H23N. The number of hydrogen-bond donors (Lipinski definition) is 1. The van der Waals surface area contributed by atoms with Crippen LogP contribution in [0.25, 0.3) is 0 Å². The highest BCUT2D eigenvalue weighted by atomic mass is 14.6. The number of hydrogen-bond acceptors (Lipinski definition) is 1. The Bertz CT molecular complexity index is 138. The van der Waals surface area contributed by atoms with Crippen LogP contribution in [0.3, 0.4) is 0 Å². The molecule has 0 heterocycles. The van der Waals surface area contributed by atoms with Crippen molar-refractivity contribution in [3.63, 3.8) is 0 Å². The quantitative estimate of drug-likeness (QED) is 0.451. The summed E-state index contributed by atoms with van der Waals surface area (Å²) in [6.45, 7) is 3.72. The minimum absolute atomic E-state index is 0.483. The normalized spacial score (nSPS) is 18.5. The Balaban J connectivity index is 1.82. The van der Waals surface area contributed by atoms with Crippen molar-refractivity contribution in [2.24, 2.45) is 11.7 Å². The van der Waals surface area contributed by atoms with Gasteiger partial charge in [0.1, 0.15) is 0 Å². The van der Waals surface area contributed by atoms with Gasteiger partial charge in [-0.25, -0.2) is 0 Å². The minimum atomic E-state index is 0.483.